The topological polar surface area (TPSA) is 80.4 Å². The van der Waals surface area contributed by atoms with Crippen LogP contribution in [-0.4, -0.2) is 13.0 Å². The maximum Gasteiger partial charge on any atom is 0.295 e. The van der Waals surface area contributed by atoms with Crippen LogP contribution in [0.25, 0.3) is 11.1 Å². The third-order valence-corrected chi connectivity index (χ3v) is 3.56. The quantitative estimate of drug-likeness (QED) is 0.644. The zero-order valence-corrected chi connectivity index (χ0v) is 10.6. The third-order valence-electron chi connectivity index (χ3n) is 2.64. The van der Waals surface area contributed by atoms with Crippen molar-refractivity contribution in [2.24, 2.45) is 0 Å². The molecule has 0 spiro atoms. The number of anilines is 1. The molecule has 0 aliphatic rings. The van der Waals surface area contributed by atoms with Crippen LogP contribution < -0.4 is 5.73 Å². The fourth-order valence-electron chi connectivity index (χ4n) is 1.73. The molecule has 0 saturated heterocycles. The summed E-state index contributed by atoms with van der Waals surface area (Å²) in [6.07, 6.45) is 0. The molecule has 4 nitrogen and oxygen atoms in total. The van der Waals surface area contributed by atoms with Gasteiger partial charge in [-0.3, -0.25) is 4.55 Å². The first-order valence-corrected chi connectivity index (χ1v) is 6.76. The molecule has 0 bridgehead atoms. The van der Waals surface area contributed by atoms with Crippen molar-refractivity contribution < 1.29 is 13.0 Å². The van der Waals surface area contributed by atoms with E-state index in [9.17, 15) is 13.0 Å². The molecule has 0 saturated carbocycles. The lowest BCUT2D eigenvalue weighted by molar-refractivity contribution is 0.483. The van der Waals surface area contributed by atoms with Crippen molar-refractivity contribution in [3.05, 3.63) is 48.0 Å². The van der Waals surface area contributed by atoms with E-state index in [1.165, 1.54) is 18.2 Å². The predicted molar refractivity (Wildman–Crippen MR) is 70.8 cm³/mol. The van der Waals surface area contributed by atoms with Crippen molar-refractivity contribution in [3.8, 4) is 11.1 Å². The molecule has 0 heterocycles. The summed E-state index contributed by atoms with van der Waals surface area (Å²) in [5, 5.41) is 0. The summed E-state index contributed by atoms with van der Waals surface area (Å²) >= 11 is 0. The highest BCUT2D eigenvalue weighted by atomic mass is 32.2. The van der Waals surface area contributed by atoms with Crippen LogP contribution in [-0.2, 0) is 10.1 Å². The second-order valence-corrected chi connectivity index (χ2v) is 5.49. The van der Waals surface area contributed by atoms with Gasteiger partial charge in [-0.25, -0.2) is 0 Å². The Morgan fingerprint density at radius 3 is 2.22 bits per heavy atom. The average molecular weight is 263 g/mol. The van der Waals surface area contributed by atoms with Crippen LogP contribution in [0.15, 0.2) is 47.4 Å². The lowest BCUT2D eigenvalue weighted by Crippen LogP contribution is -2.01. The Morgan fingerprint density at radius 2 is 1.67 bits per heavy atom. The smallest absolute Gasteiger partial charge is 0.295 e. The van der Waals surface area contributed by atoms with Crippen LogP contribution in [0.4, 0.5) is 5.69 Å². The minimum atomic E-state index is -4.26. The van der Waals surface area contributed by atoms with E-state index in [0.29, 0.717) is 16.8 Å². The van der Waals surface area contributed by atoms with Crippen LogP contribution in [0.5, 0.6) is 0 Å². The van der Waals surface area contributed by atoms with Crippen LogP contribution in [0.1, 0.15) is 5.56 Å². The van der Waals surface area contributed by atoms with E-state index in [0.717, 1.165) is 5.56 Å². The molecular weight excluding hydrogens is 250 g/mol. The van der Waals surface area contributed by atoms with Gasteiger partial charge in [0.1, 0.15) is 4.90 Å². The third kappa shape index (κ3) is 2.52. The molecule has 0 amide bonds. The Labute approximate surface area is 106 Å². The Hall–Kier alpha value is -1.85. The molecule has 0 fully saturated rings. The monoisotopic (exact) mass is 263 g/mol. The van der Waals surface area contributed by atoms with Crippen molar-refractivity contribution >= 4 is 15.8 Å². The molecule has 0 radical (unpaired) electrons. The standard InChI is InChI=1S/C13H13NO3S/c1-9-2-4-10(5-3-9)12-8-11(14)6-7-13(12)18(15,16)17/h2-8H,14H2,1H3,(H,15,16,17). The number of rotatable bonds is 2. The number of nitrogen functional groups attached to an aromatic ring is 1. The second-order valence-electron chi connectivity index (χ2n) is 4.10. The lowest BCUT2D eigenvalue weighted by Gasteiger charge is -2.08. The van der Waals surface area contributed by atoms with Crippen molar-refractivity contribution in [3.63, 3.8) is 0 Å². The predicted octanol–water partition coefficient (Wildman–Crippen LogP) is 2.49. The van der Waals surface area contributed by atoms with Crippen LogP contribution >= 0.6 is 0 Å². The van der Waals surface area contributed by atoms with Gasteiger partial charge in [0.2, 0.25) is 0 Å². The molecule has 0 unspecified atom stereocenters. The molecule has 2 rings (SSSR count). The summed E-state index contributed by atoms with van der Waals surface area (Å²) in [5.74, 6) is 0. The number of benzene rings is 2. The van der Waals surface area contributed by atoms with Gasteiger partial charge in [0.05, 0.1) is 0 Å². The van der Waals surface area contributed by atoms with Gasteiger partial charge in [0.25, 0.3) is 10.1 Å². The minimum absolute atomic E-state index is 0.138. The van der Waals surface area contributed by atoms with E-state index in [4.69, 9.17) is 5.73 Å². The van der Waals surface area contributed by atoms with Crippen molar-refractivity contribution in [1.82, 2.24) is 0 Å². The molecule has 0 atom stereocenters. The first kappa shape index (κ1) is 12.6. The number of hydrogen-bond donors (Lipinski definition) is 2. The van der Waals surface area contributed by atoms with Gasteiger partial charge in [-0.05, 0) is 30.7 Å². The molecule has 94 valence electrons. The highest BCUT2D eigenvalue weighted by Crippen LogP contribution is 2.29. The molecule has 5 heteroatoms. The number of aryl methyl sites for hydroxylation is 1. The molecule has 0 aromatic heterocycles. The Kier molecular flexibility index (Phi) is 3.11. The molecular formula is C13H13NO3S. The van der Waals surface area contributed by atoms with E-state index in [1.807, 2.05) is 19.1 Å². The summed E-state index contributed by atoms with van der Waals surface area (Å²) in [7, 11) is -4.26. The van der Waals surface area contributed by atoms with Crippen LogP contribution in [0, 0.1) is 6.92 Å². The SMILES string of the molecule is Cc1ccc(-c2cc(N)ccc2S(=O)(=O)O)cc1. The maximum atomic E-state index is 11.3. The molecule has 2 aromatic carbocycles. The van der Waals surface area contributed by atoms with Crippen LogP contribution in [0.2, 0.25) is 0 Å². The van der Waals surface area contributed by atoms with Gasteiger partial charge < -0.3 is 5.73 Å². The molecule has 2 aromatic rings. The van der Waals surface area contributed by atoms with Gasteiger partial charge in [-0.15, -0.1) is 0 Å². The molecule has 3 N–H and O–H groups in total. The Morgan fingerprint density at radius 1 is 1.06 bits per heavy atom. The highest BCUT2D eigenvalue weighted by Gasteiger charge is 2.16. The molecule has 18 heavy (non-hydrogen) atoms. The van der Waals surface area contributed by atoms with Crippen molar-refractivity contribution in [1.29, 1.82) is 0 Å². The summed E-state index contributed by atoms with van der Waals surface area (Å²) in [6.45, 7) is 1.94. The van der Waals surface area contributed by atoms with Gasteiger partial charge >= 0.3 is 0 Å². The zero-order valence-electron chi connectivity index (χ0n) is 9.79. The minimum Gasteiger partial charge on any atom is -0.399 e. The Balaban J connectivity index is 2.69. The number of nitrogens with two attached hydrogens (primary N) is 1. The molecule has 0 aliphatic carbocycles. The lowest BCUT2D eigenvalue weighted by atomic mass is 10.0. The van der Waals surface area contributed by atoms with Crippen molar-refractivity contribution in [2.45, 2.75) is 11.8 Å². The van der Waals surface area contributed by atoms with E-state index >= 15 is 0 Å². The summed E-state index contributed by atoms with van der Waals surface area (Å²) < 4.78 is 31.8. The summed E-state index contributed by atoms with van der Waals surface area (Å²) in [4.78, 5) is -0.138. The van der Waals surface area contributed by atoms with Crippen LogP contribution in [0.3, 0.4) is 0 Å². The largest absolute Gasteiger partial charge is 0.399 e. The summed E-state index contributed by atoms with van der Waals surface area (Å²) in [5.41, 5.74) is 8.27. The first-order valence-electron chi connectivity index (χ1n) is 5.32. The normalized spacial score (nSPS) is 11.4. The fraction of sp³-hybridized carbons (Fsp3) is 0.0769. The fourth-order valence-corrected chi connectivity index (χ4v) is 2.43. The summed E-state index contributed by atoms with van der Waals surface area (Å²) in [6, 6.07) is 11.6. The highest BCUT2D eigenvalue weighted by molar-refractivity contribution is 7.86. The number of hydrogen-bond acceptors (Lipinski definition) is 3. The van der Waals surface area contributed by atoms with E-state index in [2.05, 4.69) is 0 Å². The van der Waals surface area contributed by atoms with Gasteiger partial charge in [0.15, 0.2) is 0 Å². The second kappa shape index (κ2) is 4.44. The maximum absolute atomic E-state index is 11.3. The zero-order chi connectivity index (χ0) is 13.3. The van der Waals surface area contributed by atoms with Gasteiger partial charge in [-0.2, -0.15) is 8.42 Å². The van der Waals surface area contributed by atoms with E-state index in [-0.39, 0.29) is 4.90 Å². The van der Waals surface area contributed by atoms with Crippen molar-refractivity contribution in [2.75, 3.05) is 5.73 Å². The van der Waals surface area contributed by atoms with E-state index < -0.39 is 10.1 Å². The van der Waals surface area contributed by atoms with E-state index in [1.54, 1.807) is 12.1 Å². The average Bonchev–Trinajstić information content (AvgIpc) is 2.28. The Bertz CT molecular complexity index is 676. The first-order chi connectivity index (χ1) is 8.38. The molecule has 0 aliphatic heterocycles. The van der Waals surface area contributed by atoms with Gasteiger partial charge in [0, 0.05) is 11.3 Å². The van der Waals surface area contributed by atoms with Gasteiger partial charge in [-0.1, -0.05) is 29.8 Å².